The summed E-state index contributed by atoms with van der Waals surface area (Å²) in [6.07, 6.45) is 3.59. The van der Waals surface area contributed by atoms with E-state index < -0.39 is 0 Å². The molecule has 3 aromatic rings. The fourth-order valence-electron chi connectivity index (χ4n) is 2.53. The number of aryl methyl sites for hydroxylation is 1. The van der Waals surface area contributed by atoms with Gasteiger partial charge in [0.05, 0.1) is 11.6 Å². The van der Waals surface area contributed by atoms with Crippen LogP contribution in [0.3, 0.4) is 0 Å². The Bertz CT molecular complexity index is 734. The molecule has 3 rings (SSSR count). The molecule has 0 saturated heterocycles. The van der Waals surface area contributed by atoms with Gasteiger partial charge in [-0.2, -0.15) is 0 Å². The number of pyridine rings is 2. The molecule has 0 saturated carbocycles. The van der Waals surface area contributed by atoms with E-state index in [0.717, 1.165) is 27.7 Å². The minimum absolute atomic E-state index is 0.100. The van der Waals surface area contributed by atoms with Crippen LogP contribution in [0, 0.1) is 6.92 Å². The van der Waals surface area contributed by atoms with Crippen molar-refractivity contribution in [3.05, 3.63) is 71.7 Å². The van der Waals surface area contributed by atoms with Gasteiger partial charge in [-0.15, -0.1) is 0 Å². The summed E-state index contributed by atoms with van der Waals surface area (Å²) in [6.45, 7) is 1.99. The second-order valence-electron chi connectivity index (χ2n) is 4.70. The smallest absolute Gasteiger partial charge is 0.0734 e. The zero-order chi connectivity index (χ0) is 13.9. The van der Waals surface area contributed by atoms with Crippen molar-refractivity contribution >= 4 is 10.9 Å². The van der Waals surface area contributed by atoms with Gasteiger partial charge in [0.15, 0.2) is 0 Å². The average molecular weight is 264 g/mol. The van der Waals surface area contributed by atoms with E-state index in [-0.39, 0.29) is 6.04 Å². The van der Waals surface area contributed by atoms with E-state index in [1.807, 2.05) is 37.3 Å². The molecular weight excluding hydrogens is 248 g/mol. The van der Waals surface area contributed by atoms with Gasteiger partial charge in [0.2, 0.25) is 0 Å². The fourth-order valence-corrected chi connectivity index (χ4v) is 2.53. The predicted octanol–water partition coefficient (Wildman–Crippen LogP) is 2.49. The summed E-state index contributed by atoms with van der Waals surface area (Å²) < 4.78 is 0. The topological polar surface area (TPSA) is 63.8 Å². The van der Waals surface area contributed by atoms with Crippen molar-refractivity contribution in [2.45, 2.75) is 13.0 Å². The van der Waals surface area contributed by atoms with Crippen LogP contribution in [0.25, 0.3) is 10.9 Å². The Morgan fingerprint density at radius 2 is 1.70 bits per heavy atom. The largest absolute Gasteiger partial charge is 0.271 e. The lowest BCUT2D eigenvalue weighted by atomic mass is 9.95. The second kappa shape index (κ2) is 5.36. The monoisotopic (exact) mass is 264 g/mol. The quantitative estimate of drug-likeness (QED) is 0.563. The zero-order valence-electron chi connectivity index (χ0n) is 11.2. The summed E-state index contributed by atoms with van der Waals surface area (Å²) in [5.74, 6) is 5.80. The number of fused-ring (bicyclic) bond motifs is 1. The summed E-state index contributed by atoms with van der Waals surface area (Å²) in [4.78, 5) is 8.73. The van der Waals surface area contributed by atoms with Crippen LogP contribution in [0.1, 0.15) is 22.9 Å². The lowest BCUT2D eigenvalue weighted by molar-refractivity contribution is 0.634. The molecule has 0 fully saturated rings. The van der Waals surface area contributed by atoms with Gasteiger partial charge in [-0.1, -0.05) is 24.3 Å². The van der Waals surface area contributed by atoms with E-state index in [0.29, 0.717) is 0 Å². The Hall–Kier alpha value is -2.30. The molecule has 100 valence electrons. The molecule has 0 aliphatic rings. The number of hydrogen-bond acceptors (Lipinski definition) is 4. The third-order valence-electron chi connectivity index (χ3n) is 3.52. The van der Waals surface area contributed by atoms with Crippen molar-refractivity contribution < 1.29 is 0 Å². The van der Waals surface area contributed by atoms with E-state index in [1.54, 1.807) is 12.4 Å². The number of rotatable bonds is 3. The van der Waals surface area contributed by atoms with Crippen LogP contribution in [-0.2, 0) is 0 Å². The number of aromatic nitrogens is 2. The number of nitrogens with one attached hydrogen (secondary N) is 1. The van der Waals surface area contributed by atoms with E-state index in [2.05, 4.69) is 27.5 Å². The average Bonchev–Trinajstić information content (AvgIpc) is 2.50. The van der Waals surface area contributed by atoms with Crippen molar-refractivity contribution in [2.75, 3.05) is 0 Å². The molecule has 4 nitrogen and oxygen atoms in total. The van der Waals surface area contributed by atoms with Gasteiger partial charge < -0.3 is 0 Å². The van der Waals surface area contributed by atoms with Crippen LogP contribution >= 0.6 is 0 Å². The van der Waals surface area contributed by atoms with Crippen molar-refractivity contribution in [1.82, 2.24) is 15.4 Å². The summed E-state index contributed by atoms with van der Waals surface area (Å²) in [5, 5.41) is 1.10. The highest BCUT2D eigenvalue weighted by Crippen LogP contribution is 2.28. The lowest BCUT2D eigenvalue weighted by Gasteiger charge is -2.20. The first-order chi connectivity index (χ1) is 9.81. The highest BCUT2D eigenvalue weighted by molar-refractivity contribution is 5.83. The maximum absolute atomic E-state index is 5.80. The third kappa shape index (κ3) is 2.15. The zero-order valence-corrected chi connectivity index (χ0v) is 11.2. The van der Waals surface area contributed by atoms with E-state index in [9.17, 15) is 0 Å². The van der Waals surface area contributed by atoms with Crippen molar-refractivity contribution in [3.8, 4) is 0 Å². The van der Waals surface area contributed by atoms with Crippen molar-refractivity contribution in [1.29, 1.82) is 0 Å². The van der Waals surface area contributed by atoms with E-state index >= 15 is 0 Å². The van der Waals surface area contributed by atoms with Crippen LogP contribution in [0.2, 0.25) is 0 Å². The number of nitrogens with zero attached hydrogens (tertiary/aromatic N) is 2. The first-order valence-corrected chi connectivity index (χ1v) is 6.52. The summed E-state index contributed by atoms with van der Waals surface area (Å²) in [6, 6.07) is 13.9. The molecule has 1 atom stereocenters. The van der Waals surface area contributed by atoms with Crippen molar-refractivity contribution in [2.24, 2.45) is 5.84 Å². The molecule has 3 N–H and O–H groups in total. The van der Waals surface area contributed by atoms with Crippen molar-refractivity contribution in [3.63, 3.8) is 0 Å². The molecule has 0 amide bonds. The third-order valence-corrected chi connectivity index (χ3v) is 3.52. The summed E-state index contributed by atoms with van der Waals surface area (Å²) >= 11 is 0. The standard InChI is InChI=1S/C16H16N4/c1-11-12(6-3-9-18-11)16(20-17)14-5-2-8-15-13(14)7-4-10-19-15/h2-10,16,20H,17H2,1H3. The Kier molecular flexibility index (Phi) is 3.41. The van der Waals surface area contributed by atoms with Gasteiger partial charge >= 0.3 is 0 Å². The molecule has 2 aromatic heterocycles. The molecule has 1 aromatic carbocycles. The van der Waals surface area contributed by atoms with E-state index in [1.165, 1.54) is 0 Å². The van der Waals surface area contributed by atoms with Crippen LogP contribution in [0.15, 0.2) is 54.9 Å². The van der Waals surface area contributed by atoms with Crippen LogP contribution < -0.4 is 11.3 Å². The summed E-state index contributed by atoms with van der Waals surface area (Å²) in [5.41, 5.74) is 7.01. The molecule has 20 heavy (non-hydrogen) atoms. The summed E-state index contributed by atoms with van der Waals surface area (Å²) in [7, 11) is 0. The number of hydrogen-bond donors (Lipinski definition) is 2. The van der Waals surface area contributed by atoms with Gasteiger partial charge in [0, 0.05) is 23.5 Å². The molecular formula is C16H16N4. The Balaban J connectivity index is 2.20. The number of nitrogens with two attached hydrogens (primary N) is 1. The second-order valence-corrected chi connectivity index (χ2v) is 4.70. The Morgan fingerprint density at radius 3 is 2.50 bits per heavy atom. The molecule has 0 aliphatic carbocycles. The van der Waals surface area contributed by atoms with Gasteiger partial charge in [0.25, 0.3) is 0 Å². The molecule has 0 bridgehead atoms. The maximum Gasteiger partial charge on any atom is 0.0734 e. The Morgan fingerprint density at radius 1 is 0.950 bits per heavy atom. The maximum atomic E-state index is 5.80. The molecule has 4 heteroatoms. The molecule has 1 unspecified atom stereocenters. The molecule has 0 radical (unpaired) electrons. The predicted molar refractivity (Wildman–Crippen MR) is 79.9 cm³/mol. The fraction of sp³-hybridized carbons (Fsp3) is 0.125. The van der Waals surface area contributed by atoms with Gasteiger partial charge in [-0.25, -0.2) is 5.43 Å². The van der Waals surface area contributed by atoms with Gasteiger partial charge in [0.1, 0.15) is 0 Å². The van der Waals surface area contributed by atoms with Crippen LogP contribution in [0.4, 0.5) is 0 Å². The van der Waals surface area contributed by atoms with Gasteiger partial charge in [-0.05, 0) is 36.2 Å². The lowest BCUT2D eigenvalue weighted by Crippen LogP contribution is -2.29. The highest BCUT2D eigenvalue weighted by Gasteiger charge is 2.17. The Labute approximate surface area is 117 Å². The van der Waals surface area contributed by atoms with E-state index in [4.69, 9.17) is 5.84 Å². The normalized spacial score (nSPS) is 12.5. The minimum Gasteiger partial charge on any atom is -0.271 e. The highest BCUT2D eigenvalue weighted by atomic mass is 15.2. The molecule has 2 heterocycles. The first kappa shape index (κ1) is 12.7. The SMILES string of the molecule is Cc1ncccc1C(NN)c1cccc2ncccc12. The van der Waals surface area contributed by atoms with Crippen LogP contribution in [0.5, 0.6) is 0 Å². The first-order valence-electron chi connectivity index (χ1n) is 6.52. The van der Waals surface area contributed by atoms with Gasteiger partial charge in [-0.3, -0.25) is 15.8 Å². The number of benzene rings is 1. The minimum atomic E-state index is -0.100. The molecule has 0 aliphatic heterocycles. The van der Waals surface area contributed by atoms with Crippen LogP contribution in [-0.4, -0.2) is 9.97 Å². The molecule has 0 spiro atoms. The number of hydrazine groups is 1.